The highest BCUT2D eigenvalue weighted by Crippen LogP contribution is 2.28. The Bertz CT molecular complexity index is 1430. The number of ether oxygens (including phenoxy) is 1. The van der Waals surface area contributed by atoms with Gasteiger partial charge >= 0.3 is 5.97 Å². The van der Waals surface area contributed by atoms with Crippen LogP contribution in [0.1, 0.15) is 20.7 Å². The molecule has 3 N–H and O–H groups in total. The smallest absolute Gasteiger partial charge is 0.337 e. The van der Waals surface area contributed by atoms with Gasteiger partial charge in [0.1, 0.15) is 18.1 Å². The molecular formula is C27H30ClN3O7S. The van der Waals surface area contributed by atoms with Crippen LogP contribution < -0.4 is 10.1 Å². The van der Waals surface area contributed by atoms with E-state index < -0.39 is 21.9 Å². The third kappa shape index (κ3) is 7.70. The van der Waals surface area contributed by atoms with Crippen LogP contribution in [0.2, 0.25) is 0 Å². The summed E-state index contributed by atoms with van der Waals surface area (Å²) in [5, 5.41) is 22.5. The number of amides is 1. The molecule has 3 aromatic rings. The first-order valence-electron chi connectivity index (χ1n) is 12.0. The Kier molecular flexibility index (Phi) is 9.92. The van der Waals surface area contributed by atoms with Crippen LogP contribution >= 0.6 is 12.4 Å². The SMILES string of the molecule is CS(=O)(=O)N1CCN(CCOc2ccc(O)c(C(=O)Nc3cc(-c4ccccc4)ccc3C(=O)O)c2)CC1.Cl. The molecule has 0 saturated carbocycles. The van der Waals surface area contributed by atoms with Crippen molar-refractivity contribution in [2.75, 3.05) is 50.9 Å². The Morgan fingerprint density at radius 1 is 0.923 bits per heavy atom. The molecule has 1 aliphatic rings. The highest BCUT2D eigenvalue weighted by atomic mass is 35.5. The van der Waals surface area contributed by atoms with E-state index in [1.54, 1.807) is 12.1 Å². The number of anilines is 1. The van der Waals surface area contributed by atoms with Crippen LogP contribution in [0.15, 0.2) is 66.7 Å². The fourth-order valence-electron chi connectivity index (χ4n) is 4.20. The summed E-state index contributed by atoms with van der Waals surface area (Å²) >= 11 is 0. The van der Waals surface area contributed by atoms with Crippen LogP contribution in [0.3, 0.4) is 0 Å². The number of sulfonamides is 1. The zero-order valence-corrected chi connectivity index (χ0v) is 22.9. The molecule has 0 aliphatic carbocycles. The van der Waals surface area contributed by atoms with Crippen LogP contribution in [-0.4, -0.2) is 85.3 Å². The minimum atomic E-state index is -3.20. The number of hydrogen-bond acceptors (Lipinski definition) is 7. The lowest BCUT2D eigenvalue weighted by atomic mass is 10.0. The number of halogens is 1. The number of phenolic OH excluding ortho intramolecular Hbond substituents is 1. The zero-order valence-electron chi connectivity index (χ0n) is 21.2. The molecule has 1 amide bonds. The van der Waals surface area contributed by atoms with Crippen LogP contribution in [0.4, 0.5) is 5.69 Å². The summed E-state index contributed by atoms with van der Waals surface area (Å²) in [6.07, 6.45) is 1.20. The van der Waals surface area contributed by atoms with E-state index in [1.165, 1.54) is 34.8 Å². The topological polar surface area (TPSA) is 136 Å². The van der Waals surface area contributed by atoms with Gasteiger partial charge in [-0.05, 0) is 41.5 Å². The van der Waals surface area contributed by atoms with Crippen LogP contribution in [0.25, 0.3) is 11.1 Å². The number of carboxylic acids is 1. The van der Waals surface area contributed by atoms with Crippen molar-refractivity contribution in [2.24, 2.45) is 0 Å². The van der Waals surface area contributed by atoms with Crippen LogP contribution in [-0.2, 0) is 10.0 Å². The number of aromatic hydroxyl groups is 1. The molecule has 0 radical (unpaired) electrons. The maximum absolute atomic E-state index is 13.1. The van der Waals surface area contributed by atoms with E-state index in [4.69, 9.17) is 4.74 Å². The van der Waals surface area contributed by atoms with Crippen molar-refractivity contribution in [1.29, 1.82) is 0 Å². The zero-order chi connectivity index (χ0) is 27.3. The number of aromatic carboxylic acids is 1. The van der Waals surface area contributed by atoms with Gasteiger partial charge in [-0.3, -0.25) is 9.69 Å². The molecule has 0 aromatic heterocycles. The average Bonchev–Trinajstić information content (AvgIpc) is 2.89. The third-order valence-electron chi connectivity index (χ3n) is 6.29. The molecule has 0 spiro atoms. The standard InChI is InChI=1S/C27H29N3O7S.ClH/c1-38(35,36)30-13-11-29(12-14-30)15-16-37-21-8-10-25(31)23(18-21)26(32)28-24-17-20(7-9-22(24)27(33)34)19-5-3-2-4-6-19;/h2-10,17-18,31H,11-16H2,1H3,(H,28,32)(H,33,34);1H. The molecule has 0 bridgehead atoms. The van der Waals surface area contributed by atoms with Crippen molar-refractivity contribution >= 4 is 40.0 Å². The number of benzene rings is 3. The number of rotatable bonds is 9. The molecule has 208 valence electrons. The van der Waals surface area contributed by atoms with E-state index in [9.17, 15) is 28.2 Å². The molecular weight excluding hydrogens is 546 g/mol. The van der Waals surface area contributed by atoms with Gasteiger partial charge in [0.25, 0.3) is 5.91 Å². The van der Waals surface area contributed by atoms with Gasteiger partial charge in [-0.1, -0.05) is 36.4 Å². The molecule has 0 atom stereocenters. The molecule has 1 saturated heterocycles. The monoisotopic (exact) mass is 575 g/mol. The number of phenols is 1. The first kappa shape index (κ1) is 29.9. The number of nitrogens with zero attached hydrogens (tertiary/aromatic N) is 2. The van der Waals surface area contributed by atoms with Gasteiger partial charge in [-0.25, -0.2) is 13.2 Å². The van der Waals surface area contributed by atoms with E-state index in [2.05, 4.69) is 10.2 Å². The Hall–Kier alpha value is -3.64. The minimum Gasteiger partial charge on any atom is -0.507 e. The molecule has 0 unspecified atom stereocenters. The van der Waals surface area contributed by atoms with Crippen LogP contribution in [0.5, 0.6) is 11.5 Å². The van der Waals surface area contributed by atoms with Gasteiger partial charge in [0, 0.05) is 32.7 Å². The normalized spacial score (nSPS) is 14.3. The lowest BCUT2D eigenvalue weighted by molar-refractivity contribution is 0.0698. The molecule has 12 heteroatoms. The Labute approximate surface area is 233 Å². The average molecular weight is 576 g/mol. The molecule has 10 nitrogen and oxygen atoms in total. The minimum absolute atomic E-state index is 0. The summed E-state index contributed by atoms with van der Waals surface area (Å²) in [5.41, 5.74) is 1.54. The van der Waals surface area contributed by atoms with E-state index in [0.717, 1.165) is 11.1 Å². The number of carboxylic acid groups (broad SMARTS) is 1. The first-order chi connectivity index (χ1) is 18.1. The van der Waals surface area contributed by atoms with Gasteiger partial charge in [-0.2, -0.15) is 4.31 Å². The molecule has 1 heterocycles. The lowest BCUT2D eigenvalue weighted by Gasteiger charge is -2.33. The molecule has 4 rings (SSSR count). The quantitative estimate of drug-likeness (QED) is 0.353. The summed E-state index contributed by atoms with van der Waals surface area (Å²) in [5.74, 6) is -1.79. The third-order valence-corrected chi connectivity index (χ3v) is 7.60. The summed E-state index contributed by atoms with van der Waals surface area (Å²) in [4.78, 5) is 26.9. The maximum Gasteiger partial charge on any atom is 0.337 e. The van der Waals surface area contributed by atoms with Crippen molar-refractivity contribution in [1.82, 2.24) is 9.21 Å². The lowest BCUT2D eigenvalue weighted by Crippen LogP contribution is -2.49. The predicted molar refractivity (Wildman–Crippen MR) is 150 cm³/mol. The molecule has 1 aliphatic heterocycles. The second kappa shape index (κ2) is 12.9. The summed E-state index contributed by atoms with van der Waals surface area (Å²) < 4.78 is 30.5. The fraction of sp³-hybridized carbons (Fsp3) is 0.259. The Balaban J connectivity index is 0.00000420. The second-order valence-corrected chi connectivity index (χ2v) is 10.9. The van der Waals surface area contributed by atoms with E-state index >= 15 is 0 Å². The van der Waals surface area contributed by atoms with E-state index in [1.807, 2.05) is 30.3 Å². The highest BCUT2D eigenvalue weighted by Gasteiger charge is 2.23. The van der Waals surface area contributed by atoms with E-state index in [0.29, 0.717) is 45.1 Å². The number of carbonyl (C=O) groups excluding carboxylic acids is 1. The highest BCUT2D eigenvalue weighted by molar-refractivity contribution is 7.88. The first-order valence-corrected chi connectivity index (χ1v) is 13.8. The van der Waals surface area contributed by atoms with Gasteiger partial charge < -0.3 is 20.3 Å². The van der Waals surface area contributed by atoms with Crippen molar-refractivity contribution in [3.8, 4) is 22.6 Å². The van der Waals surface area contributed by atoms with E-state index in [-0.39, 0.29) is 35.0 Å². The number of carbonyl (C=O) groups is 2. The van der Waals surface area contributed by atoms with Gasteiger partial charge in [0.2, 0.25) is 10.0 Å². The summed E-state index contributed by atoms with van der Waals surface area (Å²) in [7, 11) is -3.20. The van der Waals surface area contributed by atoms with Gasteiger partial charge in [0.05, 0.1) is 23.1 Å². The van der Waals surface area contributed by atoms with Gasteiger partial charge in [0.15, 0.2) is 0 Å². The maximum atomic E-state index is 13.1. The van der Waals surface area contributed by atoms with Crippen molar-refractivity contribution in [3.63, 3.8) is 0 Å². The number of nitrogens with one attached hydrogen (secondary N) is 1. The predicted octanol–water partition coefficient (Wildman–Crippen LogP) is 3.39. The largest absolute Gasteiger partial charge is 0.507 e. The Morgan fingerprint density at radius 2 is 1.62 bits per heavy atom. The fourth-order valence-corrected chi connectivity index (χ4v) is 5.02. The molecule has 1 fully saturated rings. The Morgan fingerprint density at radius 3 is 2.26 bits per heavy atom. The number of piperazine rings is 1. The molecule has 3 aromatic carbocycles. The van der Waals surface area contributed by atoms with Crippen molar-refractivity contribution in [2.45, 2.75) is 0 Å². The van der Waals surface area contributed by atoms with Gasteiger partial charge in [-0.15, -0.1) is 12.4 Å². The van der Waals surface area contributed by atoms with Crippen LogP contribution in [0, 0.1) is 0 Å². The molecule has 39 heavy (non-hydrogen) atoms. The summed E-state index contributed by atoms with van der Waals surface area (Å²) in [6, 6.07) is 18.3. The summed E-state index contributed by atoms with van der Waals surface area (Å²) in [6.45, 7) is 2.89. The number of hydrogen-bond donors (Lipinski definition) is 3. The van der Waals surface area contributed by atoms with Crippen molar-refractivity contribution < 1.29 is 33.0 Å². The van der Waals surface area contributed by atoms with Crippen molar-refractivity contribution in [3.05, 3.63) is 77.9 Å². The second-order valence-electron chi connectivity index (χ2n) is 8.92.